The number of carbonyl (C=O) groups excluding carboxylic acids is 1. The van der Waals surface area contributed by atoms with Gasteiger partial charge in [-0.05, 0) is 38.8 Å². The molecule has 0 radical (unpaired) electrons. The van der Waals surface area contributed by atoms with E-state index in [1.54, 1.807) is 12.1 Å². The third kappa shape index (κ3) is 4.31. The van der Waals surface area contributed by atoms with Gasteiger partial charge in [0.2, 0.25) is 0 Å². The van der Waals surface area contributed by atoms with Gasteiger partial charge in [-0.25, -0.2) is 0 Å². The van der Waals surface area contributed by atoms with Gasteiger partial charge in [-0.15, -0.1) is 10.2 Å². The summed E-state index contributed by atoms with van der Waals surface area (Å²) >= 11 is 0. The van der Waals surface area contributed by atoms with Gasteiger partial charge in [0.15, 0.2) is 5.69 Å². The van der Waals surface area contributed by atoms with Crippen LogP contribution in [0.4, 0.5) is 5.82 Å². The van der Waals surface area contributed by atoms with Crippen LogP contribution in [0.3, 0.4) is 0 Å². The standard InChI is InChI=1S/C13H22N4O/c1-5-9-14-11-8-7-10(16-17-11)12(18)15-13(3,4)6-2/h7-8H,5-6,9H2,1-4H3,(H,14,17)(H,15,18). The first-order chi connectivity index (χ1) is 8.48. The summed E-state index contributed by atoms with van der Waals surface area (Å²) in [6.45, 7) is 8.92. The van der Waals surface area contributed by atoms with Crippen LogP contribution < -0.4 is 10.6 Å². The highest BCUT2D eigenvalue weighted by Gasteiger charge is 2.19. The highest BCUT2D eigenvalue weighted by molar-refractivity contribution is 5.92. The summed E-state index contributed by atoms with van der Waals surface area (Å²) in [6.07, 6.45) is 1.89. The van der Waals surface area contributed by atoms with Crippen LogP contribution in [0.1, 0.15) is 51.0 Å². The van der Waals surface area contributed by atoms with Crippen LogP contribution in [0.2, 0.25) is 0 Å². The second kappa shape index (κ2) is 6.33. The first-order valence-electron chi connectivity index (χ1n) is 6.38. The Morgan fingerprint density at radius 3 is 2.50 bits per heavy atom. The Morgan fingerprint density at radius 2 is 2.00 bits per heavy atom. The van der Waals surface area contributed by atoms with Crippen LogP contribution in [0.5, 0.6) is 0 Å². The molecule has 0 saturated heterocycles. The molecule has 18 heavy (non-hydrogen) atoms. The predicted octanol–water partition coefficient (Wildman–Crippen LogP) is 2.22. The Balaban J connectivity index is 2.64. The van der Waals surface area contributed by atoms with Gasteiger partial charge < -0.3 is 10.6 Å². The number of hydrogen-bond acceptors (Lipinski definition) is 4. The van der Waals surface area contributed by atoms with Crippen molar-refractivity contribution < 1.29 is 4.79 Å². The van der Waals surface area contributed by atoms with Crippen molar-refractivity contribution >= 4 is 11.7 Å². The quantitative estimate of drug-likeness (QED) is 0.812. The zero-order valence-corrected chi connectivity index (χ0v) is 11.6. The van der Waals surface area contributed by atoms with E-state index in [-0.39, 0.29) is 11.4 Å². The molecule has 0 aromatic carbocycles. The van der Waals surface area contributed by atoms with Gasteiger partial charge in [-0.1, -0.05) is 13.8 Å². The topological polar surface area (TPSA) is 66.9 Å². The highest BCUT2D eigenvalue weighted by Crippen LogP contribution is 2.09. The van der Waals surface area contributed by atoms with Gasteiger partial charge >= 0.3 is 0 Å². The molecule has 1 aromatic rings. The molecule has 1 rings (SSSR count). The summed E-state index contributed by atoms with van der Waals surface area (Å²) in [7, 11) is 0. The van der Waals surface area contributed by atoms with Gasteiger partial charge in [0.1, 0.15) is 5.82 Å². The summed E-state index contributed by atoms with van der Waals surface area (Å²) in [5, 5.41) is 13.9. The lowest BCUT2D eigenvalue weighted by atomic mass is 10.0. The Morgan fingerprint density at radius 1 is 1.28 bits per heavy atom. The lowest BCUT2D eigenvalue weighted by Gasteiger charge is -2.23. The highest BCUT2D eigenvalue weighted by atomic mass is 16.2. The van der Waals surface area contributed by atoms with Crippen LogP contribution in [0, 0.1) is 0 Å². The van der Waals surface area contributed by atoms with Crippen LogP contribution >= 0.6 is 0 Å². The Bertz CT molecular complexity index is 386. The molecule has 0 atom stereocenters. The molecule has 1 aromatic heterocycles. The zero-order chi connectivity index (χ0) is 13.6. The van der Waals surface area contributed by atoms with Crippen molar-refractivity contribution in [1.29, 1.82) is 0 Å². The molecule has 0 saturated carbocycles. The monoisotopic (exact) mass is 250 g/mol. The van der Waals surface area contributed by atoms with E-state index in [2.05, 4.69) is 27.8 Å². The number of nitrogens with zero attached hydrogens (tertiary/aromatic N) is 2. The van der Waals surface area contributed by atoms with Crippen molar-refractivity contribution in [3.8, 4) is 0 Å². The lowest BCUT2D eigenvalue weighted by Crippen LogP contribution is -2.43. The van der Waals surface area contributed by atoms with E-state index in [4.69, 9.17) is 0 Å². The second-order valence-electron chi connectivity index (χ2n) is 4.92. The van der Waals surface area contributed by atoms with Crippen molar-refractivity contribution in [1.82, 2.24) is 15.5 Å². The molecule has 0 aliphatic rings. The first kappa shape index (κ1) is 14.4. The number of anilines is 1. The van der Waals surface area contributed by atoms with Gasteiger partial charge in [0.05, 0.1) is 0 Å². The average molecular weight is 250 g/mol. The number of rotatable bonds is 6. The maximum Gasteiger partial charge on any atom is 0.272 e. The normalized spacial score (nSPS) is 11.1. The van der Waals surface area contributed by atoms with Gasteiger partial charge in [0.25, 0.3) is 5.91 Å². The smallest absolute Gasteiger partial charge is 0.272 e. The molecule has 1 heterocycles. The number of carbonyl (C=O) groups is 1. The molecule has 0 bridgehead atoms. The van der Waals surface area contributed by atoms with Gasteiger partial charge in [-0.3, -0.25) is 4.79 Å². The Kier molecular flexibility index (Phi) is 5.07. The number of amides is 1. The van der Waals surface area contributed by atoms with Crippen LogP contribution in [-0.2, 0) is 0 Å². The van der Waals surface area contributed by atoms with Crippen molar-refractivity contribution in [2.45, 2.75) is 46.1 Å². The largest absolute Gasteiger partial charge is 0.369 e. The van der Waals surface area contributed by atoms with Crippen LogP contribution in [0.25, 0.3) is 0 Å². The molecule has 0 aliphatic heterocycles. The molecule has 5 nitrogen and oxygen atoms in total. The van der Waals surface area contributed by atoms with E-state index < -0.39 is 0 Å². The summed E-state index contributed by atoms with van der Waals surface area (Å²) in [5.41, 5.74) is 0.122. The second-order valence-corrected chi connectivity index (χ2v) is 4.92. The summed E-state index contributed by atoms with van der Waals surface area (Å²) < 4.78 is 0. The Labute approximate surface area is 108 Å². The molecule has 0 aliphatic carbocycles. The molecular weight excluding hydrogens is 228 g/mol. The van der Waals surface area contributed by atoms with Crippen LogP contribution in [0.15, 0.2) is 12.1 Å². The number of aromatic nitrogens is 2. The fourth-order valence-electron chi connectivity index (χ4n) is 1.26. The summed E-state index contributed by atoms with van der Waals surface area (Å²) in [5.74, 6) is 0.513. The van der Waals surface area contributed by atoms with E-state index in [0.29, 0.717) is 11.5 Å². The van der Waals surface area contributed by atoms with Crippen molar-refractivity contribution in [2.75, 3.05) is 11.9 Å². The fraction of sp³-hybridized carbons (Fsp3) is 0.615. The van der Waals surface area contributed by atoms with Crippen LogP contribution in [-0.4, -0.2) is 28.2 Å². The molecule has 100 valence electrons. The fourth-order valence-corrected chi connectivity index (χ4v) is 1.26. The molecular formula is C13H22N4O. The van der Waals surface area contributed by atoms with Crippen molar-refractivity contribution in [3.05, 3.63) is 17.8 Å². The molecule has 0 fully saturated rings. The van der Waals surface area contributed by atoms with E-state index >= 15 is 0 Å². The number of nitrogens with one attached hydrogen (secondary N) is 2. The third-order valence-electron chi connectivity index (χ3n) is 2.79. The van der Waals surface area contributed by atoms with Crippen molar-refractivity contribution in [3.63, 3.8) is 0 Å². The molecule has 0 unspecified atom stereocenters. The van der Waals surface area contributed by atoms with E-state index in [0.717, 1.165) is 19.4 Å². The molecule has 2 N–H and O–H groups in total. The minimum absolute atomic E-state index is 0.184. The van der Waals surface area contributed by atoms with E-state index in [9.17, 15) is 4.79 Å². The maximum absolute atomic E-state index is 11.9. The van der Waals surface area contributed by atoms with Crippen molar-refractivity contribution in [2.24, 2.45) is 0 Å². The molecule has 5 heteroatoms. The average Bonchev–Trinajstić information content (AvgIpc) is 2.36. The SMILES string of the molecule is CCCNc1ccc(C(=O)NC(C)(C)CC)nn1. The first-order valence-corrected chi connectivity index (χ1v) is 6.38. The molecule has 0 spiro atoms. The lowest BCUT2D eigenvalue weighted by molar-refractivity contribution is 0.0905. The van der Waals surface area contributed by atoms with E-state index in [1.165, 1.54) is 0 Å². The predicted molar refractivity (Wildman–Crippen MR) is 72.6 cm³/mol. The van der Waals surface area contributed by atoms with E-state index in [1.807, 2.05) is 20.8 Å². The minimum atomic E-state index is -0.224. The maximum atomic E-state index is 11.9. The minimum Gasteiger partial charge on any atom is -0.369 e. The Hall–Kier alpha value is -1.65. The molecule has 1 amide bonds. The third-order valence-corrected chi connectivity index (χ3v) is 2.79. The zero-order valence-electron chi connectivity index (χ0n) is 11.6. The number of hydrogen-bond donors (Lipinski definition) is 2. The summed E-state index contributed by atoms with van der Waals surface area (Å²) in [6, 6.07) is 3.46. The van der Waals surface area contributed by atoms with Gasteiger partial charge in [-0.2, -0.15) is 0 Å². The van der Waals surface area contributed by atoms with Gasteiger partial charge in [0, 0.05) is 12.1 Å². The summed E-state index contributed by atoms with van der Waals surface area (Å²) in [4.78, 5) is 11.9.